The summed E-state index contributed by atoms with van der Waals surface area (Å²) in [6.45, 7) is 1.86. The van der Waals surface area contributed by atoms with Crippen LogP contribution in [0, 0.1) is 18.8 Å². The van der Waals surface area contributed by atoms with Gasteiger partial charge in [-0.25, -0.2) is 4.90 Å². The highest BCUT2D eigenvalue weighted by atomic mass is 35.5. The molecular formula is C15H12ClNO3. The summed E-state index contributed by atoms with van der Waals surface area (Å²) in [4.78, 5) is 26.5. The lowest BCUT2D eigenvalue weighted by molar-refractivity contribution is -0.124. The number of hydrogen-bond donors (Lipinski definition) is 0. The largest absolute Gasteiger partial charge is 0.365 e. The number of amides is 2. The summed E-state index contributed by atoms with van der Waals surface area (Å²) < 4.78 is 5.61. The zero-order valence-corrected chi connectivity index (χ0v) is 11.5. The van der Waals surface area contributed by atoms with Gasteiger partial charge in [0.25, 0.3) is 0 Å². The van der Waals surface area contributed by atoms with Crippen molar-refractivity contribution in [1.29, 1.82) is 0 Å². The molecule has 2 saturated heterocycles. The van der Waals surface area contributed by atoms with E-state index in [2.05, 4.69) is 0 Å². The number of ether oxygens (including phenoxy) is 1. The maximum atomic E-state index is 12.6. The second-order valence-corrected chi connectivity index (χ2v) is 5.88. The zero-order valence-electron chi connectivity index (χ0n) is 10.7. The molecule has 0 aromatic heterocycles. The summed E-state index contributed by atoms with van der Waals surface area (Å²) >= 11 is 5.99. The summed E-state index contributed by atoms with van der Waals surface area (Å²) in [6, 6.07) is 5.24. The molecule has 2 bridgehead atoms. The van der Waals surface area contributed by atoms with Gasteiger partial charge in [0, 0.05) is 5.02 Å². The van der Waals surface area contributed by atoms with Crippen LogP contribution in [0.3, 0.4) is 0 Å². The fourth-order valence-electron chi connectivity index (χ4n) is 3.36. The Balaban J connectivity index is 1.80. The minimum Gasteiger partial charge on any atom is -0.365 e. The molecule has 1 aromatic rings. The van der Waals surface area contributed by atoms with E-state index in [9.17, 15) is 9.59 Å². The molecule has 0 N–H and O–H groups in total. The van der Waals surface area contributed by atoms with E-state index in [1.807, 2.05) is 25.1 Å². The van der Waals surface area contributed by atoms with Gasteiger partial charge in [-0.2, -0.15) is 0 Å². The Morgan fingerprint density at radius 3 is 2.30 bits per heavy atom. The van der Waals surface area contributed by atoms with Gasteiger partial charge in [-0.05, 0) is 24.6 Å². The molecule has 0 aliphatic carbocycles. The highest BCUT2D eigenvalue weighted by Crippen LogP contribution is 2.46. The van der Waals surface area contributed by atoms with Crippen LogP contribution < -0.4 is 4.90 Å². The van der Waals surface area contributed by atoms with Crippen molar-refractivity contribution in [3.63, 3.8) is 0 Å². The van der Waals surface area contributed by atoms with Gasteiger partial charge in [-0.15, -0.1) is 0 Å². The summed E-state index contributed by atoms with van der Waals surface area (Å²) in [7, 11) is 0. The molecule has 4 nitrogen and oxygen atoms in total. The highest BCUT2D eigenvalue weighted by Gasteiger charge is 2.61. The first kappa shape index (κ1) is 12.1. The summed E-state index contributed by atoms with van der Waals surface area (Å²) in [5.41, 5.74) is 1.44. The Kier molecular flexibility index (Phi) is 2.38. The molecule has 3 heterocycles. The lowest BCUT2D eigenvalue weighted by Gasteiger charge is -2.19. The van der Waals surface area contributed by atoms with Gasteiger partial charge >= 0.3 is 0 Å². The van der Waals surface area contributed by atoms with Crippen molar-refractivity contribution >= 4 is 29.1 Å². The fourth-order valence-corrected chi connectivity index (χ4v) is 3.53. The van der Waals surface area contributed by atoms with Crippen LogP contribution in [-0.4, -0.2) is 24.0 Å². The van der Waals surface area contributed by atoms with Gasteiger partial charge in [0.05, 0.1) is 29.7 Å². The first-order valence-electron chi connectivity index (χ1n) is 6.55. The van der Waals surface area contributed by atoms with E-state index in [0.29, 0.717) is 10.7 Å². The van der Waals surface area contributed by atoms with Crippen molar-refractivity contribution in [3.05, 3.63) is 40.9 Å². The number of carbonyl (C=O) groups excluding carboxylic acids is 2. The van der Waals surface area contributed by atoms with Crippen LogP contribution in [0.15, 0.2) is 30.4 Å². The number of imide groups is 1. The number of hydrogen-bond acceptors (Lipinski definition) is 3. The molecule has 4 rings (SSSR count). The average molecular weight is 290 g/mol. The Morgan fingerprint density at radius 1 is 1.10 bits per heavy atom. The predicted molar refractivity (Wildman–Crippen MR) is 73.5 cm³/mol. The molecule has 102 valence electrons. The van der Waals surface area contributed by atoms with Crippen LogP contribution in [0.2, 0.25) is 5.02 Å². The molecule has 20 heavy (non-hydrogen) atoms. The number of fused-ring (bicyclic) bond motifs is 5. The Morgan fingerprint density at radius 2 is 1.70 bits per heavy atom. The van der Waals surface area contributed by atoms with Crippen LogP contribution in [0.25, 0.3) is 0 Å². The minimum absolute atomic E-state index is 0.179. The third kappa shape index (κ3) is 1.41. The SMILES string of the molecule is Cc1ccc(Cl)cc1N1C(=O)[C@@H]2[C@H](C1=O)[C@@H]1C=C[C@H]2O1. The second kappa shape index (κ2) is 3.93. The Labute approximate surface area is 121 Å². The van der Waals surface area contributed by atoms with Gasteiger partial charge in [0.1, 0.15) is 0 Å². The maximum Gasteiger partial charge on any atom is 0.240 e. The van der Waals surface area contributed by atoms with E-state index in [4.69, 9.17) is 16.3 Å². The predicted octanol–water partition coefficient (Wildman–Crippen LogP) is 2.09. The molecule has 0 saturated carbocycles. The van der Waals surface area contributed by atoms with Crippen LogP contribution >= 0.6 is 11.6 Å². The maximum absolute atomic E-state index is 12.6. The molecule has 2 fully saturated rings. The van der Waals surface area contributed by atoms with Gasteiger partial charge in [0.15, 0.2) is 0 Å². The lowest BCUT2D eigenvalue weighted by atomic mass is 9.85. The van der Waals surface area contributed by atoms with E-state index in [0.717, 1.165) is 5.56 Å². The Hall–Kier alpha value is -1.65. The van der Waals surface area contributed by atoms with E-state index in [-0.39, 0.29) is 35.9 Å². The van der Waals surface area contributed by atoms with Crippen LogP contribution in [-0.2, 0) is 14.3 Å². The summed E-state index contributed by atoms with van der Waals surface area (Å²) in [5, 5.41) is 0.514. The Bertz CT molecular complexity index is 639. The van der Waals surface area contributed by atoms with Crippen molar-refractivity contribution < 1.29 is 14.3 Å². The van der Waals surface area contributed by atoms with E-state index in [1.54, 1.807) is 12.1 Å². The summed E-state index contributed by atoms with van der Waals surface area (Å²) in [5.74, 6) is -1.11. The third-order valence-electron chi connectivity index (χ3n) is 4.32. The van der Waals surface area contributed by atoms with Gasteiger partial charge in [0.2, 0.25) is 11.8 Å². The minimum atomic E-state index is -0.379. The quantitative estimate of drug-likeness (QED) is 0.587. The molecule has 0 unspecified atom stereocenters. The molecule has 0 spiro atoms. The smallest absolute Gasteiger partial charge is 0.240 e. The monoisotopic (exact) mass is 289 g/mol. The second-order valence-electron chi connectivity index (χ2n) is 5.44. The van der Waals surface area contributed by atoms with Crippen LogP contribution in [0.4, 0.5) is 5.69 Å². The molecule has 2 amide bonds. The van der Waals surface area contributed by atoms with E-state index >= 15 is 0 Å². The number of carbonyl (C=O) groups is 2. The molecule has 5 heteroatoms. The number of aryl methyl sites for hydroxylation is 1. The van der Waals surface area contributed by atoms with Crippen LogP contribution in [0.5, 0.6) is 0 Å². The normalized spacial score (nSPS) is 34.2. The van der Waals surface area contributed by atoms with Crippen molar-refractivity contribution in [3.8, 4) is 0 Å². The van der Waals surface area contributed by atoms with Crippen molar-refractivity contribution in [1.82, 2.24) is 0 Å². The molecular weight excluding hydrogens is 278 g/mol. The third-order valence-corrected chi connectivity index (χ3v) is 4.56. The van der Waals surface area contributed by atoms with E-state index in [1.165, 1.54) is 4.90 Å². The standard InChI is InChI=1S/C15H12ClNO3/c1-7-2-3-8(16)6-9(7)17-14(18)12-10-4-5-11(20-10)13(12)15(17)19/h2-6,10-13H,1H3/t10-,11+,12+,13-. The molecule has 3 aliphatic rings. The van der Waals surface area contributed by atoms with Gasteiger partial charge in [-0.1, -0.05) is 29.8 Å². The zero-order chi connectivity index (χ0) is 14.0. The molecule has 0 radical (unpaired) electrons. The van der Waals surface area contributed by atoms with Crippen molar-refractivity contribution in [2.75, 3.05) is 4.90 Å². The number of nitrogens with zero attached hydrogens (tertiary/aromatic N) is 1. The van der Waals surface area contributed by atoms with Crippen molar-refractivity contribution in [2.24, 2.45) is 11.8 Å². The topological polar surface area (TPSA) is 46.6 Å². The number of halogens is 1. The first-order valence-corrected chi connectivity index (χ1v) is 6.93. The lowest BCUT2D eigenvalue weighted by Crippen LogP contribution is -2.34. The summed E-state index contributed by atoms with van der Waals surface area (Å²) in [6.07, 6.45) is 3.24. The highest BCUT2D eigenvalue weighted by molar-refractivity contribution is 6.31. The first-order chi connectivity index (χ1) is 9.58. The van der Waals surface area contributed by atoms with E-state index < -0.39 is 0 Å². The van der Waals surface area contributed by atoms with Gasteiger partial charge in [-0.3, -0.25) is 9.59 Å². The number of rotatable bonds is 1. The molecule has 4 atom stereocenters. The van der Waals surface area contributed by atoms with Crippen LogP contribution in [0.1, 0.15) is 5.56 Å². The van der Waals surface area contributed by atoms with Gasteiger partial charge < -0.3 is 4.74 Å². The molecule has 3 aliphatic heterocycles. The molecule has 1 aromatic carbocycles. The number of anilines is 1. The number of benzene rings is 1. The fraction of sp³-hybridized carbons (Fsp3) is 0.333. The van der Waals surface area contributed by atoms with Crippen molar-refractivity contribution in [2.45, 2.75) is 19.1 Å². The average Bonchev–Trinajstić information content (AvgIpc) is 3.08.